The number of rotatable bonds is 4. The Hall–Kier alpha value is -3.37. The fraction of sp³-hybridized carbons (Fsp3) is 0.0455. The Balaban J connectivity index is 1.73. The lowest BCUT2D eigenvalue weighted by Crippen LogP contribution is -2.27. The van der Waals surface area contributed by atoms with Gasteiger partial charge in [-0.25, -0.2) is 5.48 Å². The maximum absolute atomic E-state index is 12.2. The molecule has 0 aliphatic heterocycles. The van der Waals surface area contributed by atoms with Crippen LogP contribution >= 0.6 is 0 Å². The summed E-state index contributed by atoms with van der Waals surface area (Å²) in [6.45, 7) is 0. The number of hydroxylamine groups is 1. The van der Waals surface area contributed by atoms with Gasteiger partial charge >= 0.3 is 0 Å². The van der Waals surface area contributed by atoms with Crippen LogP contribution in [0.3, 0.4) is 0 Å². The summed E-state index contributed by atoms with van der Waals surface area (Å²) in [5, 5.41) is 10.3. The second kappa shape index (κ2) is 6.86. The highest BCUT2D eigenvalue weighted by Crippen LogP contribution is 2.27. The van der Waals surface area contributed by atoms with E-state index >= 15 is 0 Å². The standard InChI is InChI=1S/C22H18N2O2/c25-22(23-26)21(17-7-2-1-3-8-17)18-10-12-19(13-11-18)24-15-14-16-6-4-5-9-20(16)24/h1-15,21,26H,(H,23,25). The Labute approximate surface area is 151 Å². The maximum Gasteiger partial charge on any atom is 0.255 e. The summed E-state index contributed by atoms with van der Waals surface area (Å²) in [5.41, 5.74) is 5.59. The number of benzene rings is 3. The lowest BCUT2D eigenvalue weighted by molar-refractivity contribution is -0.129. The number of fused-ring (bicyclic) bond motifs is 1. The molecule has 4 rings (SSSR count). The van der Waals surface area contributed by atoms with Gasteiger partial charge in [0.2, 0.25) is 0 Å². The Bertz CT molecular complexity index is 1040. The number of hydrogen-bond acceptors (Lipinski definition) is 2. The van der Waals surface area contributed by atoms with Crippen LogP contribution in [-0.2, 0) is 4.79 Å². The minimum atomic E-state index is -0.559. The normalized spacial score (nSPS) is 12.0. The van der Waals surface area contributed by atoms with Gasteiger partial charge in [0.1, 0.15) is 0 Å². The van der Waals surface area contributed by atoms with Crippen molar-refractivity contribution >= 4 is 16.8 Å². The molecule has 1 unspecified atom stereocenters. The van der Waals surface area contributed by atoms with Crippen LogP contribution in [0, 0.1) is 0 Å². The molecule has 0 aliphatic carbocycles. The van der Waals surface area contributed by atoms with Crippen molar-refractivity contribution in [2.75, 3.05) is 0 Å². The van der Waals surface area contributed by atoms with Gasteiger partial charge < -0.3 is 4.57 Å². The third-order valence-corrected chi connectivity index (χ3v) is 4.61. The molecule has 1 atom stereocenters. The van der Waals surface area contributed by atoms with E-state index in [4.69, 9.17) is 5.21 Å². The molecule has 128 valence electrons. The van der Waals surface area contributed by atoms with Crippen LogP contribution < -0.4 is 5.48 Å². The first-order valence-corrected chi connectivity index (χ1v) is 8.43. The summed E-state index contributed by atoms with van der Waals surface area (Å²) in [4.78, 5) is 12.2. The summed E-state index contributed by atoms with van der Waals surface area (Å²) in [6, 6.07) is 27.5. The lowest BCUT2D eigenvalue weighted by Gasteiger charge is -2.16. The molecular formula is C22H18N2O2. The van der Waals surface area contributed by atoms with E-state index in [1.165, 1.54) is 5.39 Å². The number of nitrogens with zero attached hydrogens (tertiary/aromatic N) is 1. The van der Waals surface area contributed by atoms with Crippen LogP contribution in [0.15, 0.2) is 91.1 Å². The van der Waals surface area contributed by atoms with Crippen molar-refractivity contribution in [1.29, 1.82) is 0 Å². The zero-order valence-corrected chi connectivity index (χ0v) is 14.0. The molecule has 4 heteroatoms. The number of hydrogen-bond donors (Lipinski definition) is 2. The van der Waals surface area contributed by atoms with Gasteiger partial charge in [0.25, 0.3) is 5.91 Å². The van der Waals surface area contributed by atoms with Gasteiger partial charge in [-0.1, -0.05) is 60.7 Å². The Morgan fingerprint density at radius 2 is 1.46 bits per heavy atom. The van der Waals surface area contributed by atoms with Gasteiger partial charge in [-0.2, -0.15) is 0 Å². The van der Waals surface area contributed by atoms with Gasteiger partial charge in [0, 0.05) is 11.9 Å². The zero-order valence-electron chi connectivity index (χ0n) is 14.0. The first-order chi connectivity index (χ1) is 12.8. The van der Waals surface area contributed by atoms with Crippen molar-refractivity contribution in [3.63, 3.8) is 0 Å². The van der Waals surface area contributed by atoms with Crippen LogP contribution in [0.4, 0.5) is 0 Å². The average Bonchev–Trinajstić information content (AvgIpc) is 3.13. The van der Waals surface area contributed by atoms with E-state index in [2.05, 4.69) is 22.8 Å². The number of nitrogens with one attached hydrogen (secondary N) is 1. The molecule has 4 aromatic rings. The Kier molecular flexibility index (Phi) is 4.25. The molecule has 26 heavy (non-hydrogen) atoms. The molecule has 0 bridgehead atoms. The molecule has 0 radical (unpaired) electrons. The van der Waals surface area contributed by atoms with Gasteiger partial charge in [-0.05, 0) is 40.8 Å². The molecule has 3 aromatic carbocycles. The summed E-state index contributed by atoms with van der Waals surface area (Å²) < 4.78 is 2.11. The first-order valence-electron chi connectivity index (χ1n) is 8.43. The quantitative estimate of drug-likeness (QED) is 0.430. The summed E-state index contributed by atoms with van der Waals surface area (Å²) >= 11 is 0. The molecule has 0 aliphatic rings. The second-order valence-electron chi connectivity index (χ2n) is 6.16. The average molecular weight is 342 g/mol. The SMILES string of the molecule is O=C(NO)C(c1ccccc1)c1ccc(-n2ccc3ccccc32)cc1. The van der Waals surface area contributed by atoms with Crippen molar-refractivity contribution in [3.8, 4) is 5.69 Å². The van der Waals surface area contributed by atoms with E-state index in [9.17, 15) is 4.79 Å². The van der Waals surface area contributed by atoms with Crippen molar-refractivity contribution in [3.05, 3.63) is 102 Å². The van der Waals surface area contributed by atoms with Gasteiger partial charge in [-0.15, -0.1) is 0 Å². The van der Waals surface area contributed by atoms with Crippen LogP contribution in [0.5, 0.6) is 0 Å². The van der Waals surface area contributed by atoms with E-state index in [0.717, 1.165) is 22.3 Å². The molecule has 2 N–H and O–H groups in total. The number of amides is 1. The highest BCUT2D eigenvalue weighted by atomic mass is 16.5. The Morgan fingerprint density at radius 1 is 0.808 bits per heavy atom. The minimum absolute atomic E-state index is 0.449. The van der Waals surface area contributed by atoms with E-state index in [1.54, 1.807) is 5.48 Å². The Morgan fingerprint density at radius 3 is 2.19 bits per heavy atom. The minimum Gasteiger partial charge on any atom is -0.317 e. The summed E-state index contributed by atoms with van der Waals surface area (Å²) in [7, 11) is 0. The van der Waals surface area contributed by atoms with E-state index in [-0.39, 0.29) is 0 Å². The third-order valence-electron chi connectivity index (χ3n) is 4.61. The summed E-state index contributed by atoms with van der Waals surface area (Å²) in [6.07, 6.45) is 2.04. The molecule has 0 fully saturated rings. The molecule has 1 heterocycles. The van der Waals surface area contributed by atoms with Crippen molar-refractivity contribution < 1.29 is 10.0 Å². The number of carbonyl (C=O) groups excluding carboxylic acids is 1. The number of carbonyl (C=O) groups is 1. The van der Waals surface area contributed by atoms with E-state index in [1.807, 2.05) is 72.9 Å². The van der Waals surface area contributed by atoms with Crippen LogP contribution in [-0.4, -0.2) is 15.7 Å². The third kappa shape index (κ3) is 2.87. The monoisotopic (exact) mass is 342 g/mol. The van der Waals surface area contributed by atoms with Crippen LogP contribution in [0.2, 0.25) is 0 Å². The zero-order chi connectivity index (χ0) is 17.9. The van der Waals surface area contributed by atoms with E-state index < -0.39 is 11.8 Å². The molecule has 1 amide bonds. The lowest BCUT2D eigenvalue weighted by atomic mass is 9.90. The second-order valence-corrected chi connectivity index (χ2v) is 6.16. The van der Waals surface area contributed by atoms with Crippen LogP contribution in [0.25, 0.3) is 16.6 Å². The highest BCUT2D eigenvalue weighted by Gasteiger charge is 2.22. The molecule has 1 aromatic heterocycles. The molecule has 0 saturated heterocycles. The summed E-state index contributed by atoms with van der Waals surface area (Å²) in [5.74, 6) is -1.01. The van der Waals surface area contributed by atoms with Crippen LogP contribution in [0.1, 0.15) is 17.0 Å². The van der Waals surface area contributed by atoms with Gasteiger partial charge in [0.15, 0.2) is 0 Å². The van der Waals surface area contributed by atoms with Crippen molar-refractivity contribution in [1.82, 2.24) is 10.0 Å². The predicted molar refractivity (Wildman–Crippen MR) is 101 cm³/mol. The topological polar surface area (TPSA) is 54.3 Å². The number of aromatic nitrogens is 1. The van der Waals surface area contributed by atoms with Crippen molar-refractivity contribution in [2.24, 2.45) is 0 Å². The maximum atomic E-state index is 12.2. The van der Waals surface area contributed by atoms with Gasteiger partial charge in [-0.3, -0.25) is 10.0 Å². The number of para-hydroxylation sites is 1. The fourth-order valence-electron chi connectivity index (χ4n) is 3.34. The highest BCUT2D eigenvalue weighted by molar-refractivity contribution is 5.86. The molecule has 4 nitrogen and oxygen atoms in total. The fourth-order valence-corrected chi connectivity index (χ4v) is 3.34. The largest absolute Gasteiger partial charge is 0.317 e. The first kappa shape index (κ1) is 16.1. The molecule has 0 spiro atoms. The molecular weight excluding hydrogens is 324 g/mol. The van der Waals surface area contributed by atoms with Gasteiger partial charge in [0.05, 0.1) is 11.4 Å². The smallest absolute Gasteiger partial charge is 0.255 e. The molecule has 0 saturated carbocycles. The predicted octanol–water partition coefficient (Wildman–Crippen LogP) is 4.27. The van der Waals surface area contributed by atoms with E-state index in [0.29, 0.717) is 0 Å². The van der Waals surface area contributed by atoms with Crippen molar-refractivity contribution in [2.45, 2.75) is 5.92 Å².